The van der Waals surface area contributed by atoms with E-state index in [0.29, 0.717) is 37.2 Å². The molecule has 0 aliphatic rings. The number of para-hydroxylation sites is 1. The van der Waals surface area contributed by atoms with Gasteiger partial charge in [0.1, 0.15) is 17.4 Å². The van der Waals surface area contributed by atoms with E-state index in [0.717, 1.165) is 11.3 Å². The number of ketones is 1. The topological polar surface area (TPSA) is 112 Å². The Hall–Kier alpha value is -2.89. The van der Waals surface area contributed by atoms with Crippen molar-refractivity contribution in [3.05, 3.63) is 51.1 Å². The van der Waals surface area contributed by atoms with Crippen LogP contribution in [0.15, 0.2) is 29.4 Å². The maximum atomic E-state index is 12.6. The van der Waals surface area contributed by atoms with Gasteiger partial charge in [-0.15, -0.1) is 21.5 Å². The summed E-state index contributed by atoms with van der Waals surface area (Å²) in [5.41, 5.74) is 0.698. The van der Waals surface area contributed by atoms with E-state index in [2.05, 4.69) is 15.5 Å². The maximum Gasteiger partial charge on any atom is 0.341 e. The summed E-state index contributed by atoms with van der Waals surface area (Å²) in [4.78, 5) is 37.3. The van der Waals surface area contributed by atoms with Crippen molar-refractivity contribution in [3.8, 4) is 5.75 Å². The Labute approximate surface area is 209 Å². The molecule has 0 spiro atoms. The van der Waals surface area contributed by atoms with Crippen LogP contribution in [0.4, 0.5) is 5.00 Å². The molecule has 2 aromatic heterocycles. The lowest BCUT2D eigenvalue weighted by molar-refractivity contribution is -0.113. The Morgan fingerprint density at radius 2 is 1.97 bits per heavy atom. The minimum Gasteiger partial charge on any atom is -0.484 e. The van der Waals surface area contributed by atoms with Crippen LogP contribution in [0.2, 0.25) is 5.02 Å². The number of ether oxygens (including phenoxy) is 2. The smallest absolute Gasteiger partial charge is 0.341 e. The molecule has 0 aliphatic heterocycles. The van der Waals surface area contributed by atoms with Gasteiger partial charge in [0, 0.05) is 7.05 Å². The second kappa shape index (κ2) is 11.5. The highest BCUT2D eigenvalue weighted by Gasteiger charge is 2.25. The third kappa shape index (κ3) is 5.96. The monoisotopic (exact) mass is 522 g/mol. The van der Waals surface area contributed by atoms with Gasteiger partial charge < -0.3 is 19.4 Å². The van der Waals surface area contributed by atoms with Crippen LogP contribution in [0.5, 0.6) is 5.75 Å². The number of hydrogen-bond acceptors (Lipinski definition) is 9. The molecule has 0 radical (unpaired) electrons. The first-order chi connectivity index (χ1) is 16.2. The van der Waals surface area contributed by atoms with E-state index in [9.17, 15) is 14.4 Å². The number of nitrogens with zero attached hydrogens (tertiary/aromatic N) is 3. The van der Waals surface area contributed by atoms with E-state index in [1.165, 1.54) is 18.7 Å². The van der Waals surface area contributed by atoms with Crippen molar-refractivity contribution in [1.82, 2.24) is 14.8 Å². The number of hydrogen-bond donors (Lipinski definition) is 1. The molecule has 0 saturated heterocycles. The molecule has 1 N–H and O–H groups in total. The lowest BCUT2D eigenvalue weighted by atomic mass is 10.1. The van der Waals surface area contributed by atoms with Crippen LogP contribution in [0.3, 0.4) is 0 Å². The third-order valence-electron chi connectivity index (χ3n) is 4.65. The molecule has 1 aromatic carbocycles. The zero-order valence-corrected chi connectivity index (χ0v) is 21.4. The van der Waals surface area contributed by atoms with Crippen LogP contribution < -0.4 is 10.1 Å². The second-order valence-corrected chi connectivity index (χ2v) is 9.42. The fourth-order valence-corrected chi connectivity index (χ4v) is 5.01. The molecule has 0 unspecified atom stereocenters. The SMILES string of the molecule is CCOC(=O)c1c(NC(=O)CSc2nnc(COc3ccccc3Cl)n2C)sc(C(C)=O)c1C. The molecule has 3 aromatic rings. The minimum atomic E-state index is -0.580. The number of benzene rings is 1. The van der Waals surface area contributed by atoms with E-state index < -0.39 is 5.97 Å². The number of halogens is 1. The van der Waals surface area contributed by atoms with E-state index in [-0.39, 0.29) is 36.2 Å². The molecule has 12 heteroatoms. The van der Waals surface area contributed by atoms with Crippen molar-refractivity contribution in [2.45, 2.75) is 32.5 Å². The molecule has 0 atom stereocenters. The van der Waals surface area contributed by atoms with Crippen LogP contribution >= 0.6 is 34.7 Å². The molecule has 0 saturated carbocycles. The van der Waals surface area contributed by atoms with Gasteiger partial charge >= 0.3 is 5.97 Å². The maximum absolute atomic E-state index is 12.6. The molecule has 2 heterocycles. The average Bonchev–Trinajstić information content (AvgIpc) is 3.31. The van der Waals surface area contributed by atoms with Crippen molar-refractivity contribution >= 4 is 57.4 Å². The average molecular weight is 523 g/mol. The Balaban J connectivity index is 1.64. The van der Waals surface area contributed by atoms with Gasteiger partial charge in [-0.1, -0.05) is 35.5 Å². The summed E-state index contributed by atoms with van der Waals surface area (Å²) in [6, 6.07) is 7.12. The zero-order valence-electron chi connectivity index (χ0n) is 19.0. The first kappa shape index (κ1) is 25.7. The fraction of sp³-hybridized carbons (Fsp3) is 0.318. The second-order valence-electron chi connectivity index (χ2n) is 7.05. The van der Waals surface area contributed by atoms with E-state index in [1.54, 1.807) is 37.6 Å². The largest absolute Gasteiger partial charge is 0.484 e. The number of carbonyl (C=O) groups is 3. The number of esters is 1. The van der Waals surface area contributed by atoms with E-state index in [1.807, 2.05) is 12.1 Å². The summed E-state index contributed by atoms with van der Waals surface area (Å²) in [7, 11) is 1.77. The summed E-state index contributed by atoms with van der Waals surface area (Å²) in [6.07, 6.45) is 0. The molecule has 0 bridgehead atoms. The van der Waals surface area contributed by atoms with Gasteiger partial charge in [-0.3, -0.25) is 9.59 Å². The van der Waals surface area contributed by atoms with Gasteiger partial charge in [0.05, 0.1) is 27.8 Å². The number of anilines is 1. The molecule has 1 amide bonds. The predicted molar refractivity (Wildman–Crippen MR) is 131 cm³/mol. The van der Waals surface area contributed by atoms with Crippen LogP contribution in [-0.4, -0.2) is 44.8 Å². The molecule has 34 heavy (non-hydrogen) atoms. The summed E-state index contributed by atoms with van der Waals surface area (Å²) in [5.74, 6) is -0.00593. The van der Waals surface area contributed by atoms with Crippen molar-refractivity contribution < 1.29 is 23.9 Å². The van der Waals surface area contributed by atoms with Gasteiger partial charge in [-0.2, -0.15) is 0 Å². The first-order valence-corrected chi connectivity index (χ1v) is 12.4. The Morgan fingerprint density at radius 3 is 2.65 bits per heavy atom. The summed E-state index contributed by atoms with van der Waals surface area (Å²) < 4.78 is 12.5. The summed E-state index contributed by atoms with van der Waals surface area (Å²) >= 11 is 8.34. The van der Waals surface area contributed by atoms with Crippen molar-refractivity contribution in [2.24, 2.45) is 7.05 Å². The zero-order chi connectivity index (χ0) is 24.8. The Kier molecular flexibility index (Phi) is 8.70. The molecule has 3 rings (SSSR count). The normalized spacial score (nSPS) is 10.7. The number of thiophene rings is 1. The highest BCUT2D eigenvalue weighted by Crippen LogP contribution is 2.34. The highest BCUT2D eigenvalue weighted by atomic mass is 35.5. The Morgan fingerprint density at radius 1 is 1.24 bits per heavy atom. The predicted octanol–water partition coefficient (Wildman–Crippen LogP) is 4.53. The molecule has 9 nitrogen and oxygen atoms in total. The standard InChI is InChI=1S/C22H23ClN4O5S2/c1-5-31-21(30)18-12(2)19(13(3)28)34-20(18)24-17(29)11-33-22-26-25-16(27(22)4)10-32-15-9-7-6-8-14(15)23/h6-9H,5,10-11H2,1-4H3,(H,24,29). The lowest BCUT2D eigenvalue weighted by Crippen LogP contribution is -2.16. The summed E-state index contributed by atoms with van der Waals surface area (Å²) in [5, 5.41) is 12.2. The van der Waals surface area contributed by atoms with Crippen molar-refractivity contribution in [1.29, 1.82) is 0 Å². The Bertz CT molecular complexity index is 1220. The van der Waals surface area contributed by atoms with Crippen LogP contribution in [0, 0.1) is 6.92 Å². The molecular formula is C22H23ClN4O5S2. The number of nitrogens with one attached hydrogen (secondary N) is 1. The van der Waals surface area contributed by atoms with Gasteiger partial charge in [0.2, 0.25) is 5.91 Å². The number of thioether (sulfide) groups is 1. The summed E-state index contributed by atoms with van der Waals surface area (Å²) in [6.45, 7) is 5.10. The van der Waals surface area contributed by atoms with E-state index in [4.69, 9.17) is 21.1 Å². The van der Waals surface area contributed by atoms with Gasteiger partial charge in [0.15, 0.2) is 16.8 Å². The number of aromatic nitrogens is 3. The third-order valence-corrected chi connectivity index (χ3v) is 7.29. The molecule has 0 aliphatic carbocycles. The van der Waals surface area contributed by atoms with Crippen LogP contribution in [-0.2, 0) is 23.2 Å². The quantitative estimate of drug-likeness (QED) is 0.235. The molecular weight excluding hydrogens is 500 g/mol. The van der Waals surface area contributed by atoms with Crippen molar-refractivity contribution in [3.63, 3.8) is 0 Å². The van der Waals surface area contributed by atoms with Crippen molar-refractivity contribution in [2.75, 3.05) is 17.7 Å². The van der Waals surface area contributed by atoms with Gasteiger partial charge in [0.25, 0.3) is 0 Å². The van der Waals surface area contributed by atoms with Crippen LogP contribution in [0.25, 0.3) is 0 Å². The number of rotatable bonds is 10. The molecule has 180 valence electrons. The van der Waals surface area contributed by atoms with Gasteiger partial charge in [-0.05, 0) is 38.5 Å². The number of amides is 1. The molecule has 0 fully saturated rings. The number of carbonyl (C=O) groups excluding carboxylic acids is 3. The fourth-order valence-electron chi connectivity index (χ4n) is 2.98. The first-order valence-electron chi connectivity index (χ1n) is 10.2. The highest BCUT2D eigenvalue weighted by molar-refractivity contribution is 7.99. The van der Waals surface area contributed by atoms with E-state index >= 15 is 0 Å². The minimum absolute atomic E-state index is 0.0198. The van der Waals surface area contributed by atoms with Gasteiger partial charge in [-0.25, -0.2) is 4.79 Å². The lowest BCUT2D eigenvalue weighted by Gasteiger charge is -2.08. The van der Waals surface area contributed by atoms with Crippen LogP contribution in [0.1, 0.15) is 45.3 Å². The number of Topliss-reactive ketones (excluding diaryl/α,β-unsaturated/α-hetero) is 1.